The SMILES string of the molecule is CCOc1ccc(NC(=O)C(=O)Nc2cc(C(C)C)nn2C(C)C)c(C(F)(F)F)c1. The number of amides is 2. The predicted molar refractivity (Wildman–Crippen MR) is 107 cm³/mol. The molecule has 164 valence electrons. The van der Waals surface area contributed by atoms with Crippen LogP contribution >= 0.6 is 0 Å². The average Bonchev–Trinajstić information content (AvgIpc) is 3.06. The molecule has 0 bridgehead atoms. The predicted octanol–water partition coefficient (Wildman–Crippen LogP) is 4.58. The normalized spacial score (nSPS) is 11.7. The number of benzene rings is 1. The Kier molecular flexibility index (Phi) is 7.12. The molecule has 1 aromatic heterocycles. The van der Waals surface area contributed by atoms with Crippen molar-refractivity contribution in [1.82, 2.24) is 9.78 Å². The maximum Gasteiger partial charge on any atom is 0.418 e. The van der Waals surface area contributed by atoms with Gasteiger partial charge in [-0.2, -0.15) is 18.3 Å². The summed E-state index contributed by atoms with van der Waals surface area (Å²) in [5, 5.41) is 8.84. The highest BCUT2D eigenvalue weighted by Crippen LogP contribution is 2.37. The van der Waals surface area contributed by atoms with Crippen molar-refractivity contribution in [3.05, 3.63) is 35.5 Å². The summed E-state index contributed by atoms with van der Waals surface area (Å²) in [5.74, 6) is -1.94. The number of alkyl halides is 3. The highest BCUT2D eigenvalue weighted by atomic mass is 19.4. The van der Waals surface area contributed by atoms with Crippen LogP contribution in [0.4, 0.5) is 24.7 Å². The van der Waals surface area contributed by atoms with Crippen LogP contribution in [-0.4, -0.2) is 28.2 Å². The Labute approximate surface area is 172 Å². The summed E-state index contributed by atoms with van der Waals surface area (Å²) in [4.78, 5) is 24.6. The van der Waals surface area contributed by atoms with E-state index in [1.165, 1.54) is 6.07 Å². The van der Waals surface area contributed by atoms with Gasteiger partial charge in [-0.15, -0.1) is 0 Å². The third kappa shape index (κ3) is 5.52. The number of nitrogens with zero attached hydrogens (tertiary/aromatic N) is 2. The van der Waals surface area contributed by atoms with Crippen molar-refractivity contribution in [3.63, 3.8) is 0 Å². The van der Waals surface area contributed by atoms with E-state index in [9.17, 15) is 22.8 Å². The molecule has 0 aliphatic rings. The lowest BCUT2D eigenvalue weighted by molar-refractivity contribution is -0.137. The number of aromatic nitrogens is 2. The largest absolute Gasteiger partial charge is 0.494 e. The minimum absolute atomic E-state index is 0.00863. The lowest BCUT2D eigenvalue weighted by Gasteiger charge is -2.16. The molecule has 2 rings (SSSR count). The van der Waals surface area contributed by atoms with Crippen LogP contribution in [0.5, 0.6) is 5.75 Å². The maximum atomic E-state index is 13.4. The molecule has 0 saturated heterocycles. The molecule has 1 aromatic carbocycles. The van der Waals surface area contributed by atoms with Gasteiger partial charge in [-0.25, -0.2) is 4.68 Å². The van der Waals surface area contributed by atoms with Gasteiger partial charge in [0.2, 0.25) is 0 Å². The highest BCUT2D eigenvalue weighted by molar-refractivity contribution is 6.43. The molecular weight excluding hydrogens is 401 g/mol. The van der Waals surface area contributed by atoms with Crippen molar-refractivity contribution >= 4 is 23.3 Å². The van der Waals surface area contributed by atoms with Crippen LogP contribution in [0.15, 0.2) is 24.3 Å². The van der Waals surface area contributed by atoms with E-state index in [0.717, 1.165) is 12.1 Å². The number of hydrogen-bond acceptors (Lipinski definition) is 4. The van der Waals surface area contributed by atoms with E-state index in [-0.39, 0.29) is 30.1 Å². The summed E-state index contributed by atoms with van der Waals surface area (Å²) >= 11 is 0. The topological polar surface area (TPSA) is 85.2 Å². The van der Waals surface area contributed by atoms with Crippen molar-refractivity contribution in [2.24, 2.45) is 0 Å². The summed E-state index contributed by atoms with van der Waals surface area (Å²) in [5.41, 5.74) is -0.930. The summed E-state index contributed by atoms with van der Waals surface area (Å²) in [6, 6.07) is 4.65. The number of carbonyl (C=O) groups is 2. The van der Waals surface area contributed by atoms with Gasteiger partial charge in [0, 0.05) is 12.1 Å². The quantitative estimate of drug-likeness (QED) is 0.662. The summed E-state index contributed by atoms with van der Waals surface area (Å²) in [7, 11) is 0. The van der Waals surface area contributed by atoms with Crippen LogP contribution in [0.3, 0.4) is 0 Å². The molecule has 0 spiro atoms. The van der Waals surface area contributed by atoms with Crippen LogP contribution in [0.2, 0.25) is 0 Å². The smallest absolute Gasteiger partial charge is 0.418 e. The molecule has 10 heteroatoms. The van der Waals surface area contributed by atoms with Crippen molar-refractivity contribution in [2.45, 2.75) is 52.8 Å². The number of nitrogens with one attached hydrogen (secondary N) is 2. The Hall–Kier alpha value is -3.04. The van der Waals surface area contributed by atoms with E-state index < -0.39 is 29.2 Å². The van der Waals surface area contributed by atoms with Gasteiger partial charge in [-0.1, -0.05) is 13.8 Å². The molecule has 2 amide bonds. The van der Waals surface area contributed by atoms with Gasteiger partial charge in [0.1, 0.15) is 11.6 Å². The molecule has 0 aliphatic carbocycles. The molecule has 1 heterocycles. The zero-order valence-corrected chi connectivity index (χ0v) is 17.4. The lowest BCUT2D eigenvalue weighted by atomic mass is 10.1. The molecule has 0 saturated carbocycles. The van der Waals surface area contributed by atoms with Gasteiger partial charge in [0.05, 0.1) is 23.6 Å². The van der Waals surface area contributed by atoms with E-state index in [4.69, 9.17) is 4.74 Å². The molecule has 0 unspecified atom stereocenters. The molecule has 2 aromatic rings. The fourth-order valence-electron chi connectivity index (χ4n) is 2.66. The fraction of sp³-hybridized carbons (Fsp3) is 0.450. The Morgan fingerprint density at radius 3 is 2.27 bits per heavy atom. The second-order valence-electron chi connectivity index (χ2n) is 7.19. The Morgan fingerprint density at radius 2 is 1.73 bits per heavy atom. The number of halogens is 3. The molecule has 7 nitrogen and oxygen atoms in total. The summed E-state index contributed by atoms with van der Waals surface area (Å²) < 4.78 is 46.7. The number of rotatable bonds is 6. The third-order valence-corrected chi connectivity index (χ3v) is 4.14. The molecular formula is C20H25F3N4O3. The third-order valence-electron chi connectivity index (χ3n) is 4.14. The summed E-state index contributed by atoms with van der Waals surface area (Å²) in [6.45, 7) is 9.38. The van der Waals surface area contributed by atoms with Crippen LogP contribution in [-0.2, 0) is 15.8 Å². The standard InChI is InChI=1S/C20H25F3N4O3/c1-6-30-13-7-8-15(14(9-13)20(21,22)23)24-18(28)19(29)25-17-10-16(11(2)3)26-27(17)12(4)5/h7-12H,6H2,1-5H3,(H,24,28)(H,25,29). The van der Waals surface area contributed by atoms with E-state index in [0.29, 0.717) is 5.69 Å². The zero-order valence-electron chi connectivity index (χ0n) is 17.4. The zero-order chi connectivity index (χ0) is 22.6. The average molecular weight is 426 g/mol. The first-order chi connectivity index (χ1) is 13.9. The minimum Gasteiger partial charge on any atom is -0.494 e. The van der Waals surface area contributed by atoms with Gasteiger partial charge in [0.25, 0.3) is 0 Å². The first kappa shape index (κ1) is 23.2. The van der Waals surface area contributed by atoms with Gasteiger partial charge in [-0.05, 0) is 44.9 Å². The van der Waals surface area contributed by atoms with Gasteiger partial charge in [0.15, 0.2) is 0 Å². The second-order valence-corrected chi connectivity index (χ2v) is 7.19. The highest BCUT2D eigenvalue weighted by Gasteiger charge is 2.35. The van der Waals surface area contributed by atoms with Crippen LogP contribution in [0.1, 0.15) is 57.8 Å². The van der Waals surface area contributed by atoms with Crippen LogP contribution in [0, 0.1) is 0 Å². The first-order valence-electron chi connectivity index (χ1n) is 9.49. The summed E-state index contributed by atoms with van der Waals surface area (Å²) in [6.07, 6.45) is -4.74. The molecule has 0 atom stereocenters. The maximum absolute atomic E-state index is 13.4. The van der Waals surface area contributed by atoms with Crippen molar-refractivity contribution in [1.29, 1.82) is 0 Å². The van der Waals surface area contributed by atoms with Crippen molar-refractivity contribution < 1.29 is 27.5 Å². The molecule has 2 N–H and O–H groups in total. The van der Waals surface area contributed by atoms with Crippen LogP contribution < -0.4 is 15.4 Å². The first-order valence-corrected chi connectivity index (χ1v) is 9.49. The van der Waals surface area contributed by atoms with Gasteiger partial charge < -0.3 is 15.4 Å². The minimum atomic E-state index is -4.74. The molecule has 0 aliphatic heterocycles. The fourth-order valence-corrected chi connectivity index (χ4v) is 2.66. The lowest BCUT2D eigenvalue weighted by Crippen LogP contribution is -2.31. The van der Waals surface area contributed by atoms with E-state index >= 15 is 0 Å². The number of hydrogen-bond donors (Lipinski definition) is 2. The number of anilines is 2. The molecule has 0 fully saturated rings. The van der Waals surface area contributed by atoms with Crippen molar-refractivity contribution in [3.8, 4) is 5.75 Å². The molecule has 0 radical (unpaired) electrons. The van der Waals surface area contributed by atoms with E-state index in [1.807, 2.05) is 33.0 Å². The molecule has 30 heavy (non-hydrogen) atoms. The monoisotopic (exact) mass is 426 g/mol. The van der Waals surface area contributed by atoms with Gasteiger partial charge in [-0.3, -0.25) is 9.59 Å². The second kappa shape index (κ2) is 9.19. The number of ether oxygens (including phenoxy) is 1. The van der Waals surface area contributed by atoms with Crippen LogP contribution in [0.25, 0.3) is 0 Å². The van der Waals surface area contributed by atoms with Gasteiger partial charge >= 0.3 is 18.0 Å². The Balaban J connectivity index is 2.24. The van der Waals surface area contributed by atoms with Crippen molar-refractivity contribution in [2.75, 3.05) is 17.2 Å². The van der Waals surface area contributed by atoms with E-state index in [1.54, 1.807) is 17.7 Å². The van der Waals surface area contributed by atoms with E-state index in [2.05, 4.69) is 10.4 Å². The Morgan fingerprint density at radius 1 is 1.10 bits per heavy atom. The number of carbonyl (C=O) groups excluding carboxylic acids is 2. The Bertz CT molecular complexity index is 921.